The molecule has 0 spiro atoms. The summed E-state index contributed by atoms with van der Waals surface area (Å²) in [6, 6.07) is 5.15. The molecule has 0 saturated carbocycles. The van der Waals surface area contributed by atoms with Crippen molar-refractivity contribution in [3.05, 3.63) is 34.3 Å². The molecule has 1 unspecified atom stereocenters. The highest BCUT2D eigenvalue weighted by Crippen LogP contribution is 2.22. The average Bonchev–Trinajstić information content (AvgIpc) is 2.96. The second-order valence-corrected chi connectivity index (χ2v) is 6.20. The molecule has 20 heavy (non-hydrogen) atoms. The van der Waals surface area contributed by atoms with Gasteiger partial charge in [-0.2, -0.15) is 11.8 Å². The molecule has 1 aromatic rings. The van der Waals surface area contributed by atoms with Crippen LogP contribution in [0, 0.1) is 17.8 Å². The molecule has 1 atom stereocenters. The van der Waals surface area contributed by atoms with Crippen LogP contribution in [0.25, 0.3) is 0 Å². The topological polar surface area (TPSA) is 55.1 Å². The first-order valence-electron chi connectivity index (χ1n) is 6.55. The molecule has 1 saturated heterocycles. The van der Waals surface area contributed by atoms with Gasteiger partial charge in [0.1, 0.15) is 0 Å². The molecule has 1 amide bonds. The molecule has 2 rings (SSSR count). The van der Waals surface area contributed by atoms with Gasteiger partial charge in [0, 0.05) is 17.7 Å². The van der Waals surface area contributed by atoms with Crippen LogP contribution in [0.1, 0.15) is 22.3 Å². The van der Waals surface area contributed by atoms with Crippen molar-refractivity contribution >= 4 is 29.3 Å². The first-order chi connectivity index (χ1) is 9.70. The van der Waals surface area contributed by atoms with Gasteiger partial charge in [0.05, 0.1) is 11.6 Å². The van der Waals surface area contributed by atoms with Gasteiger partial charge in [0.25, 0.3) is 5.91 Å². The van der Waals surface area contributed by atoms with Gasteiger partial charge >= 0.3 is 0 Å². The predicted octanol–water partition coefficient (Wildman–Crippen LogP) is 2.13. The molecular formula is C15H17ClN2OS. The maximum absolute atomic E-state index is 12.0. The molecule has 1 heterocycles. The van der Waals surface area contributed by atoms with Crippen molar-refractivity contribution in [2.45, 2.75) is 6.42 Å². The van der Waals surface area contributed by atoms with Crippen LogP contribution in [-0.4, -0.2) is 30.5 Å². The Balaban J connectivity index is 1.97. The SMILES string of the molecule is NCC#Cc1ccc(C(=O)NCC2CCSC2)cc1Cl. The minimum Gasteiger partial charge on any atom is -0.352 e. The summed E-state index contributed by atoms with van der Waals surface area (Å²) < 4.78 is 0. The minimum absolute atomic E-state index is 0.0814. The van der Waals surface area contributed by atoms with Crippen molar-refractivity contribution in [2.24, 2.45) is 11.7 Å². The van der Waals surface area contributed by atoms with Crippen molar-refractivity contribution in [1.82, 2.24) is 5.32 Å². The fraction of sp³-hybridized carbons (Fsp3) is 0.400. The highest BCUT2D eigenvalue weighted by atomic mass is 35.5. The minimum atomic E-state index is -0.0814. The number of carbonyl (C=O) groups is 1. The lowest BCUT2D eigenvalue weighted by atomic mass is 10.1. The third-order valence-electron chi connectivity index (χ3n) is 3.13. The van der Waals surface area contributed by atoms with Crippen LogP contribution in [0.5, 0.6) is 0 Å². The summed E-state index contributed by atoms with van der Waals surface area (Å²) in [5, 5.41) is 3.45. The van der Waals surface area contributed by atoms with Gasteiger partial charge in [-0.3, -0.25) is 4.79 Å². The van der Waals surface area contributed by atoms with Gasteiger partial charge in [-0.1, -0.05) is 23.4 Å². The number of benzene rings is 1. The maximum Gasteiger partial charge on any atom is 0.251 e. The van der Waals surface area contributed by atoms with E-state index in [1.807, 2.05) is 11.8 Å². The monoisotopic (exact) mass is 308 g/mol. The molecule has 0 aliphatic carbocycles. The Morgan fingerprint density at radius 2 is 2.40 bits per heavy atom. The molecular weight excluding hydrogens is 292 g/mol. The van der Waals surface area contributed by atoms with E-state index in [4.69, 9.17) is 17.3 Å². The number of thioether (sulfide) groups is 1. The van der Waals surface area contributed by atoms with Crippen LogP contribution < -0.4 is 11.1 Å². The fourth-order valence-corrected chi connectivity index (χ4v) is 3.50. The molecule has 0 bridgehead atoms. The zero-order valence-electron chi connectivity index (χ0n) is 11.1. The highest BCUT2D eigenvalue weighted by Gasteiger charge is 2.16. The van der Waals surface area contributed by atoms with E-state index in [0.717, 1.165) is 12.3 Å². The summed E-state index contributed by atoms with van der Waals surface area (Å²) in [5.41, 5.74) is 6.59. The Labute approximate surface area is 128 Å². The maximum atomic E-state index is 12.0. The van der Waals surface area contributed by atoms with Crippen molar-refractivity contribution in [3.8, 4) is 11.8 Å². The van der Waals surface area contributed by atoms with Gasteiger partial charge in [-0.05, 0) is 42.0 Å². The molecule has 3 N–H and O–H groups in total. The van der Waals surface area contributed by atoms with E-state index in [9.17, 15) is 4.79 Å². The van der Waals surface area contributed by atoms with E-state index in [1.165, 1.54) is 12.2 Å². The molecule has 1 fully saturated rings. The second kappa shape index (κ2) is 7.58. The summed E-state index contributed by atoms with van der Waals surface area (Å²) in [5.74, 6) is 8.46. The largest absolute Gasteiger partial charge is 0.352 e. The smallest absolute Gasteiger partial charge is 0.251 e. The standard InChI is InChI=1S/C15H17ClN2OS/c16-14-8-13(4-3-12(14)2-1-6-17)15(19)18-9-11-5-7-20-10-11/h3-4,8,11H,5-7,9-10,17H2,(H,18,19). The summed E-state index contributed by atoms with van der Waals surface area (Å²) >= 11 is 8.05. The second-order valence-electron chi connectivity index (χ2n) is 4.64. The van der Waals surface area contributed by atoms with E-state index in [0.29, 0.717) is 22.1 Å². The Morgan fingerprint density at radius 3 is 3.05 bits per heavy atom. The molecule has 1 aromatic carbocycles. The Morgan fingerprint density at radius 1 is 1.55 bits per heavy atom. The van der Waals surface area contributed by atoms with Crippen molar-refractivity contribution in [2.75, 3.05) is 24.6 Å². The van der Waals surface area contributed by atoms with Gasteiger partial charge in [0.15, 0.2) is 0 Å². The Bertz CT molecular complexity index is 545. The number of halogens is 1. The number of carbonyl (C=O) groups excluding carboxylic acids is 1. The van der Waals surface area contributed by atoms with Gasteiger partial charge in [-0.15, -0.1) is 0 Å². The molecule has 5 heteroatoms. The van der Waals surface area contributed by atoms with Gasteiger partial charge in [-0.25, -0.2) is 0 Å². The zero-order chi connectivity index (χ0) is 14.4. The van der Waals surface area contributed by atoms with E-state index in [-0.39, 0.29) is 12.5 Å². The molecule has 0 radical (unpaired) electrons. The molecule has 3 nitrogen and oxygen atoms in total. The summed E-state index contributed by atoms with van der Waals surface area (Å²) in [6.45, 7) is 1.02. The van der Waals surface area contributed by atoms with Crippen molar-refractivity contribution < 1.29 is 4.79 Å². The van der Waals surface area contributed by atoms with Crippen LogP contribution in [-0.2, 0) is 0 Å². The normalized spacial score (nSPS) is 17.4. The lowest BCUT2D eigenvalue weighted by Crippen LogP contribution is -2.29. The fourth-order valence-electron chi connectivity index (χ4n) is 1.99. The van der Waals surface area contributed by atoms with Crippen molar-refractivity contribution in [1.29, 1.82) is 0 Å². The first-order valence-corrected chi connectivity index (χ1v) is 8.08. The third-order valence-corrected chi connectivity index (χ3v) is 4.68. The van der Waals surface area contributed by atoms with E-state index in [2.05, 4.69) is 17.2 Å². The third kappa shape index (κ3) is 4.17. The summed E-state index contributed by atoms with van der Waals surface area (Å²) in [7, 11) is 0. The van der Waals surface area contributed by atoms with Crippen LogP contribution in [0.2, 0.25) is 5.02 Å². The Hall–Kier alpha value is -1.15. The van der Waals surface area contributed by atoms with Crippen LogP contribution in [0.4, 0.5) is 0 Å². The van der Waals surface area contributed by atoms with E-state index in [1.54, 1.807) is 18.2 Å². The van der Waals surface area contributed by atoms with E-state index < -0.39 is 0 Å². The van der Waals surface area contributed by atoms with Crippen LogP contribution >= 0.6 is 23.4 Å². The van der Waals surface area contributed by atoms with Crippen LogP contribution in [0.3, 0.4) is 0 Å². The number of nitrogens with two attached hydrogens (primary N) is 1. The van der Waals surface area contributed by atoms with Crippen LogP contribution in [0.15, 0.2) is 18.2 Å². The quantitative estimate of drug-likeness (QED) is 0.841. The first kappa shape index (κ1) is 15.2. The number of rotatable bonds is 3. The molecule has 1 aliphatic rings. The molecule has 0 aromatic heterocycles. The van der Waals surface area contributed by atoms with Gasteiger partial charge in [0.2, 0.25) is 0 Å². The lowest BCUT2D eigenvalue weighted by molar-refractivity contribution is 0.0948. The molecule has 106 valence electrons. The summed E-state index contributed by atoms with van der Waals surface area (Å²) in [4.78, 5) is 12.0. The zero-order valence-corrected chi connectivity index (χ0v) is 12.7. The number of nitrogens with one attached hydrogen (secondary N) is 1. The predicted molar refractivity (Wildman–Crippen MR) is 85.1 cm³/mol. The summed E-state index contributed by atoms with van der Waals surface area (Å²) in [6.07, 6.45) is 1.18. The van der Waals surface area contributed by atoms with Gasteiger partial charge < -0.3 is 11.1 Å². The van der Waals surface area contributed by atoms with E-state index >= 15 is 0 Å². The molecule has 1 aliphatic heterocycles. The highest BCUT2D eigenvalue weighted by molar-refractivity contribution is 7.99. The Kier molecular flexibility index (Phi) is 5.78. The lowest BCUT2D eigenvalue weighted by Gasteiger charge is -2.10. The van der Waals surface area contributed by atoms with Crippen molar-refractivity contribution in [3.63, 3.8) is 0 Å². The number of hydrogen-bond acceptors (Lipinski definition) is 3. The number of hydrogen-bond donors (Lipinski definition) is 2. The average molecular weight is 309 g/mol. The number of amides is 1.